The Morgan fingerprint density at radius 1 is 1.03 bits per heavy atom. The summed E-state index contributed by atoms with van der Waals surface area (Å²) in [4.78, 5) is 45.9. The van der Waals surface area contributed by atoms with Gasteiger partial charge in [-0.2, -0.15) is 0 Å². The molecule has 2 aromatic heterocycles. The van der Waals surface area contributed by atoms with E-state index in [1.165, 1.54) is 11.3 Å². The van der Waals surface area contributed by atoms with Crippen LogP contribution in [0, 0.1) is 0 Å². The smallest absolute Gasteiger partial charge is 0.412 e. The molecule has 0 aliphatic carbocycles. The molecule has 0 bridgehead atoms. The summed E-state index contributed by atoms with van der Waals surface area (Å²) >= 11 is 1.40. The quantitative estimate of drug-likeness (QED) is 0.464. The van der Waals surface area contributed by atoms with Crippen molar-refractivity contribution in [1.82, 2.24) is 20.1 Å². The molecular formula is C26H39N5O4S. The second kappa shape index (κ2) is 12.3. The predicted octanol–water partition coefficient (Wildman–Crippen LogP) is 4.79. The molecule has 36 heavy (non-hydrogen) atoms. The predicted molar refractivity (Wildman–Crippen MR) is 144 cm³/mol. The number of carbonyl (C=O) groups is 3. The third-order valence-electron chi connectivity index (χ3n) is 4.80. The molecule has 0 saturated heterocycles. The van der Waals surface area contributed by atoms with Crippen molar-refractivity contribution in [1.29, 1.82) is 0 Å². The van der Waals surface area contributed by atoms with Crippen LogP contribution in [0.5, 0.6) is 0 Å². The van der Waals surface area contributed by atoms with Crippen molar-refractivity contribution in [3.63, 3.8) is 0 Å². The summed E-state index contributed by atoms with van der Waals surface area (Å²) in [7, 11) is 3.92. The summed E-state index contributed by atoms with van der Waals surface area (Å²) < 4.78 is 5.30. The van der Waals surface area contributed by atoms with Crippen molar-refractivity contribution in [3.8, 4) is 0 Å². The van der Waals surface area contributed by atoms with Gasteiger partial charge in [0.15, 0.2) is 5.78 Å². The molecule has 9 nitrogen and oxygen atoms in total. The fourth-order valence-electron chi connectivity index (χ4n) is 3.12. The minimum absolute atomic E-state index is 0.101. The maximum absolute atomic E-state index is 12.9. The number of nitrogens with zero attached hydrogens (tertiary/aromatic N) is 3. The monoisotopic (exact) mass is 517 g/mol. The van der Waals surface area contributed by atoms with Crippen LogP contribution in [0.2, 0.25) is 0 Å². The molecule has 0 unspecified atom stereocenters. The SMILES string of the molecule is CN(C)CCN(Cc1ccc(C(=O)Cc2cscc2NC(=O)OC(C)(C)C)nc1)C(=O)NC(C)(C)C. The standard InChI is InChI=1S/C26H39N5O4S/c1-25(2,3)29-23(33)31(12-11-30(7)8)15-18-9-10-20(27-14-18)22(32)13-19-16-36-17-21(19)28-24(34)35-26(4,5)6/h9-10,14,16-17H,11-13,15H2,1-8H3,(H,28,34)(H,29,33). The maximum Gasteiger partial charge on any atom is 0.412 e. The number of carbonyl (C=O) groups excluding carboxylic acids is 3. The van der Waals surface area contributed by atoms with Gasteiger partial charge in [-0.1, -0.05) is 6.07 Å². The highest BCUT2D eigenvalue weighted by atomic mass is 32.1. The van der Waals surface area contributed by atoms with Gasteiger partial charge in [-0.05, 0) is 78.2 Å². The Morgan fingerprint density at radius 2 is 1.72 bits per heavy atom. The van der Waals surface area contributed by atoms with E-state index in [1.54, 1.807) is 43.3 Å². The third-order valence-corrected chi connectivity index (χ3v) is 5.59. The molecule has 3 amide bonds. The Bertz CT molecular complexity index is 1040. The average Bonchev–Trinajstić information content (AvgIpc) is 3.14. The zero-order chi connectivity index (χ0) is 27.1. The normalized spacial score (nSPS) is 11.8. The topological polar surface area (TPSA) is 104 Å². The average molecular weight is 518 g/mol. The Kier molecular flexibility index (Phi) is 10.0. The number of thiophene rings is 1. The van der Waals surface area contributed by atoms with E-state index in [4.69, 9.17) is 4.74 Å². The minimum atomic E-state index is -0.614. The summed E-state index contributed by atoms with van der Waals surface area (Å²) in [5, 5.41) is 9.32. The molecule has 0 fully saturated rings. The first-order valence-corrected chi connectivity index (χ1v) is 12.8. The molecule has 0 aliphatic rings. The molecule has 0 saturated carbocycles. The molecule has 2 N–H and O–H groups in total. The van der Waals surface area contributed by atoms with E-state index in [-0.39, 0.29) is 23.8 Å². The molecule has 198 valence electrons. The van der Waals surface area contributed by atoms with Gasteiger partial charge in [-0.25, -0.2) is 9.59 Å². The number of Topliss-reactive ketones (excluding diaryl/α,β-unsaturated/α-hetero) is 1. The summed E-state index contributed by atoms with van der Waals surface area (Å²) in [6, 6.07) is 3.35. The Hall–Kier alpha value is -2.98. The van der Waals surface area contributed by atoms with Gasteiger partial charge < -0.3 is 19.9 Å². The van der Waals surface area contributed by atoms with Crippen LogP contribution in [0.25, 0.3) is 0 Å². The summed E-state index contributed by atoms with van der Waals surface area (Å²) in [6.07, 6.45) is 1.17. The van der Waals surface area contributed by atoms with Gasteiger partial charge in [-0.15, -0.1) is 11.3 Å². The second-order valence-electron chi connectivity index (χ2n) is 11.0. The van der Waals surface area contributed by atoms with Gasteiger partial charge in [-0.3, -0.25) is 15.1 Å². The van der Waals surface area contributed by atoms with Crippen LogP contribution < -0.4 is 10.6 Å². The van der Waals surface area contributed by atoms with Crippen molar-refractivity contribution < 1.29 is 19.1 Å². The van der Waals surface area contributed by atoms with Crippen molar-refractivity contribution in [3.05, 3.63) is 45.9 Å². The molecule has 0 aromatic carbocycles. The first kappa shape index (κ1) is 29.3. The molecule has 10 heteroatoms. The van der Waals surface area contributed by atoms with Crippen molar-refractivity contribution in [2.24, 2.45) is 0 Å². The van der Waals surface area contributed by atoms with E-state index in [0.717, 1.165) is 12.1 Å². The first-order valence-electron chi connectivity index (χ1n) is 11.9. The maximum atomic E-state index is 12.9. The van der Waals surface area contributed by atoms with E-state index in [1.807, 2.05) is 51.2 Å². The fourth-order valence-corrected chi connectivity index (χ4v) is 3.91. The highest BCUT2D eigenvalue weighted by Gasteiger charge is 2.21. The van der Waals surface area contributed by atoms with E-state index >= 15 is 0 Å². The van der Waals surface area contributed by atoms with Gasteiger partial charge in [0.1, 0.15) is 11.3 Å². The van der Waals surface area contributed by atoms with Crippen LogP contribution in [0.4, 0.5) is 15.3 Å². The van der Waals surface area contributed by atoms with Gasteiger partial charge in [0, 0.05) is 43.2 Å². The Morgan fingerprint density at radius 3 is 2.28 bits per heavy atom. The lowest BCUT2D eigenvalue weighted by molar-refractivity contribution is 0.0635. The van der Waals surface area contributed by atoms with Gasteiger partial charge >= 0.3 is 12.1 Å². The zero-order valence-corrected chi connectivity index (χ0v) is 23.4. The Balaban J connectivity index is 2.05. The van der Waals surface area contributed by atoms with Crippen LogP contribution in [0.1, 0.15) is 63.2 Å². The Labute approximate surface area is 218 Å². The number of hydrogen-bond donors (Lipinski definition) is 2. The number of amides is 3. The van der Waals surface area contributed by atoms with Crippen molar-refractivity contribution >= 4 is 34.9 Å². The van der Waals surface area contributed by atoms with Gasteiger partial charge in [0.05, 0.1) is 5.69 Å². The molecule has 0 spiro atoms. The van der Waals surface area contributed by atoms with Crippen LogP contribution in [0.3, 0.4) is 0 Å². The number of rotatable bonds is 9. The lowest BCUT2D eigenvalue weighted by atomic mass is 10.1. The number of aromatic nitrogens is 1. The van der Waals surface area contributed by atoms with Gasteiger partial charge in [0.2, 0.25) is 0 Å². The lowest BCUT2D eigenvalue weighted by Gasteiger charge is -2.29. The largest absolute Gasteiger partial charge is 0.444 e. The summed E-state index contributed by atoms with van der Waals surface area (Å²) in [5.41, 5.74) is 1.46. The second-order valence-corrected chi connectivity index (χ2v) is 11.7. The number of urea groups is 1. The minimum Gasteiger partial charge on any atom is -0.444 e. The number of nitrogens with one attached hydrogen (secondary N) is 2. The fraction of sp³-hybridized carbons (Fsp3) is 0.538. The summed E-state index contributed by atoms with van der Waals surface area (Å²) in [6.45, 7) is 12.9. The van der Waals surface area contributed by atoms with E-state index in [2.05, 4.69) is 15.6 Å². The number of pyridine rings is 1. The number of ketones is 1. The molecule has 0 radical (unpaired) electrons. The third kappa shape index (κ3) is 10.3. The first-order chi connectivity index (χ1) is 16.6. The van der Waals surface area contributed by atoms with Crippen LogP contribution >= 0.6 is 11.3 Å². The molecule has 0 aliphatic heterocycles. The molecular weight excluding hydrogens is 478 g/mol. The van der Waals surface area contributed by atoms with E-state index in [0.29, 0.717) is 30.0 Å². The number of ether oxygens (including phenoxy) is 1. The van der Waals surface area contributed by atoms with Crippen LogP contribution in [-0.4, -0.2) is 71.0 Å². The number of hydrogen-bond acceptors (Lipinski definition) is 7. The summed E-state index contributed by atoms with van der Waals surface area (Å²) in [5.74, 6) is -0.165. The van der Waals surface area contributed by atoms with Crippen molar-refractivity contribution in [2.45, 2.75) is 65.6 Å². The highest BCUT2D eigenvalue weighted by molar-refractivity contribution is 7.08. The van der Waals surface area contributed by atoms with E-state index < -0.39 is 11.7 Å². The van der Waals surface area contributed by atoms with Crippen molar-refractivity contribution in [2.75, 3.05) is 32.5 Å². The van der Waals surface area contributed by atoms with E-state index in [9.17, 15) is 14.4 Å². The highest BCUT2D eigenvalue weighted by Crippen LogP contribution is 2.23. The molecule has 2 aromatic rings. The number of anilines is 1. The van der Waals surface area contributed by atoms with Crippen LogP contribution in [-0.2, 0) is 17.7 Å². The number of likely N-dealkylation sites (N-methyl/N-ethyl adjacent to an activating group) is 1. The lowest BCUT2D eigenvalue weighted by Crippen LogP contribution is -2.49. The molecule has 2 heterocycles. The molecule has 0 atom stereocenters. The van der Waals surface area contributed by atoms with Crippen LogP contribution in [0.15, 0.2) is 29.1 Å². The molecule has 2 rings (SSSR count). The zero-order valence-electron chi connectivity index (χ0n) is 22.6. The van der Waals surface area contributed by atoms with Gasteiger partial charge in [0.25, 0.3) is 0 Å².